The van der Waals surface area contributed by atoms with Crippen molar-refractivity contribution in [3.63, 3.8) is 0 Å². The van der Waals surface area contributed by atoms with Gasteiger partial charge < -0.3 is 20.4 Å². The molecule has 0 unspecified atom stereocenters. The molecule has 0 spiro atoms. The molecule has 0 radical (unpaired) electrons. The Morgan fingerprint density at radius 1 is 1.07 bits per heavy atom. The van der Waals surface area contributed by atoms with Crippen molar-refractivity contribution >= 4 is 35.8 Å². The van der Waals surface area contributed by atoms with E-state index in [-0.39, 0.29) is 35.7 Å². The van der Waals surface area contributed by atoms with Crippen molar-refractivity contribution in [2.75, 3.05) is 26.7 Å². The van der Waals surface area contributed by atoms with Crippen molar-refractivity contribution in [2.45, 2.75) is 19.8 Å². The molecule has 2 rings (SSSR count). The molecule has 0 aliphatic heterocycles. The molecule has 1 heterocycles. The van der Waals surface area contributed by atoms with Gasteiger partial charge in [-0.1, -0.05) is 12.1 Å². The van der Waals surface area contributed by atoms with Crippen LogP contribution in [-0.2, 0) is 6.42 Å². The summed E-state index contributed by atoms with van der Waals surface area (Å²) < 4.78 is 18.0. The summed E-state index contributed by atoms with van der Waals surface area (Å²) in [5.74, 6) is 0.624. The Hall–Kier alpha value is -2.10. The first-order chi connectivity index (χ1) is 12.6. The van der Waals surface area contributed by atoms with E-state index in [1.807, 2.05) is 6.92 Å². The minimum atomic E-state index is -0.228. The topological polar surface area (TPSA) is 78.7 Å². The fraction of sp³-hybridized carbons (Fsp3) is 0.368. The normalized spacial score (nSPS) is 10.9. The number of nitrogens with zero attached hydrogens (tertiary/aromatic N) is 1. The Kier molecular flexibility index (Phi) is 10.5. The van der Waals surface area contributed by atoms with Crippen LogP contribution in [-0.4, -0.2) is 38.5 Å². The molecular weight excluding hydrogens is 462 g/mol. The monoisotopic (exact) mass is 488 g/mol. The van der Waals surface area contributed by atoms with E-state index in [2.05, 4.69) is 20.9 Å². The van der Waals surface area contributed by atoms with Crippen molar-refractivity contribution in [1.82, 2.24) is 16.0 Å². The standard InChI is InChI=1S/C19H25FN4O2.HI/c1-14-9-13-26-17(14)18(25)22-10-3-11-23-19(21-2)24-12-8-15-4-6-16(20)7-5-15;/h4-7,9,13H,3,8,10-12H2,1-2H3,(H,22,25)(H2,21,23,24);1H. The second-order valence-electron chi connectivity index (χ2n) is 5.84. The predicted molar refractivity (Wildman–Crippen MR) is 115 cm³/mol. The van der Waals surface area contributed by atoms with E-state index in [4.69, 9.17) is 4.42 Å². The number of aliphatic imine (C=N–C) groups is 1. The second kappa shape index (κ2) is 12.3. The van der Waals surface area contributed by atoms with Gasteiger partial charge in [0, 0.05) is 32.2 Å². The van der Waals surface area contributed by atoms with Gasteiger partial charge in [0.2, 0.25) is 0 Å². The molecule has 8 heteroatoms. The smallest absolute Gasteiger partial charge is 0.287 e. The highest BCUT2D eigenvalue weighted by molar-refractivity contribution is 14.0. The van der Waals surface area contributed by atoms with Crippen LogP contribution in [0, 0.1) is 12.7 Å². The van der Waals surface area contributed by atoms with E-state index in [0.717, 1.165) is 24.0 Å². The van der Waals surface area contributed by atoms with Gasteiger partial charge in [0.05, 0.1) is 6.26 Å². The summed E-state index contributed by atoms with van der Waals surface area (Å²) >= 11 is 0. The molecule has 27 heavy (non-hydrogen) atoms. The van der Waals surface area contributed by atoms with Crippen molar-refractivity contribution < 1.29 is 13.6 Å². The number of rotatable bonds is 8. The summed E-state index contributed by atoms with van der Waals surface area (Å²) in [6.07, 6.45) is 3.04. The number of hydrogen-bond acceptors (Lipinski definition) is 3. The Labute approximate surface area is 176 Å². The number of hydrogen-bond donors (Lipinski definition) is 3. The number of nitrogens with one attached hydrogen (secondary N) is 3. The van der Waals surface area contributed by atoms with Gasteiger partial charge in [-0.2, -0.15) is 0 Å². The van der Waals surface area contributed by atoms with E-state index in [9.17, 15) is 9.18 Å². The van der Waals surface area contributed by atoms with Gasteiger partial charge in [0.15, 0.2) is 11.7 Å². The zero-order valence-electron chi connectivity index (χ0n) is 15.5. The third kappa shape index (κ3) is 7.98. The first-order valence-electron chi connectivity index (χ1n) is 8.61. The number of benzene rings is 1. The lowest BCUT2D eigenvalue weighted by Crippen LogP contribution is -2.39. The molecule has 3 N–H and O–H groups in total. The predicted octanol–water partition coefficient (Wildman–Crippen LogP) is 2.87. The minimum Gasteiger partial charge on any atom is -0.459 e. The second-order valence-corrected chi connectivity index (χ2v) is 5.84. The van der Waals surface area contributed by atoms with Crippen LogP contribution in [0.5, 0.6) is 0 Å². The number of carbonyl (C=O) groups excluding carboxylic acids is 1. The van der Waals surface area contributed by atoms with Gasteiger partial charge in [0.25, 0.3) is 5.91 Å². The van der Waals surface area contributed by atoms with E-state index >= 15 is 0 Å². The van der Waals surface area contributed by atoms with Crippen molar-refractivity contribution in [1.29, 1.82) is 0 Å². The summed E-state index contributed by atoms with van der Waals surface area (Å²) in [4.78, 5) is 16.0. The lowest BCUT2D eigenvalue weighted by atomic mass is 10.1. The Bertz CT molecular complexity index is 732. The summed E-state index contributed by atoms with van der Waals surface area (Å²) in [5.41, 5.74) is 1.89. The molecule has 6 nitrogen and oxygen atoms in total. The van der Waals surface area contributed by atoms with Gasteiger partial charge in [-0.3, -0.25) is 9.79 Å². The summed E-state index contributed by atoms with van der Waals surface area (Å²) in [5, 5.41) is 9.22. The van der Waals surface area contributed by atoms with Crippen LogP contribution < -0.4 is 16.0 Å². The number of amides is 1. The third-order valence-corrected chi connectivity index (χ3v) is 3.84. The van der Waals surface area contributed by atoms with Crippen LogP contribution in [0.15, 0.2) is 46.0 Å². The maximum Gasteiger partial charge on any atom is 0.287 e. The molecule has 1 aromatic carbocycles. The van der Waals surface area contributed by atoms with Gasteiger partial charge in [-0.25, -0.2) is 4.39 Å². The highest BCUT2D eigenvalue weighted by atomic mass is 127. The molecule has 1 aromatic heterocycles. The number of carbonyl (C=O) groups is 1. The molecular formula is C19H26FIN4O2. The average Bonchev–Trinajstić information content (AvgIpc) is 3.07. The van der Waals surface area contributed by atoms with Crippen molar-refractivity contribution in [2.24, 2.45) is 4.99 Å². The number of guanidine groups is 1. The lowest BCUT2D eigenvalue weighted by Gasteiger charge is -2.12. The number of halogens is 2. The molecule has 0 saturated carbocycles. The summed E-state index contributed by atoms with van der Waals surface area (Å²) in [7, 11) is 1.70. The molecule has 0 bridgehead atoms. The van der Waals surface area contributed by atoms with Crippen LogP contribution in [0.4, 0.5) is 4.39 Å². The SMILES string of the molecule is CN=C(NCCCNC(=O)c1occc1C)NCCc1ccc(F)cc1.I. The van der Waals surface area contributed by atoms with Gasteiger partial charge in [-0.15, -0.1) is 24.0 Å². The van der Waals surface area contributed by atoms with Crippen molar-refractivity contribution in [3.05, 3.63) is 59.3 Å². The van der Waals surface area contributed by atoms with Crippen LogP contribution in [0.3, 0.4) is 0 Å². The highest BCUT2D eigenvalue weighted by Gasteiger charge is 2.11. The molecule has 0 aliphatic carbocycles. The fourth-order valence-corrected chi connectivity index (χ4v) is 2.38. The molecule has 2 aromatic rings. The Morgan fingerprint density at radius 2 is 1.74 bits per heavy atom. The van der Waals surface area contributed by atoms with Crippen molar-refractivity contribution in [3.8, 4) is 0 Å². The fourth-order valence-electron chi connectivity index (χ4n) is 2.38. The maximum atomic E-state index is 12.9. The maximum absolute atomic E-state index is 12.9. The minimum absolute atomic E-state index is 0. The summed E-state index contributed by atoms with van der Waals surface area (Å²) in [6.45, 7) is 3.74. The molecule has 0 saturated heterocycles. The Morgan fingerprint density at radius 3 is 2.37 bits per heavy atom. The molecule has 0 fully saturated rings. The summed E-state index contributed by atoms with van der Waals surface area (Å²) in [6, 6.07) is 8.23. The Balaban J connectivity index is 0.00000364. The van der Waals surface area contributed by atoms with E-state index in [1.54, 1.807) is 25.2 Å². The van der Waals surface area contributed by atoms with Gasteiger partial charge in [-0.05, 0) is 43.5 Å². The zero-order chi connectivity index (χ0) is 18.8. The lowest BCUT2D eigenvalue weighted by molar-refractivity contribution is 0.0925. The molecule has 0 atom stereocenters. The van der Waals surface area contributed by atoms with Gasteiger partial charge in [0.1, 0.15) is 5.82 Å². The zero-order valence-corrected chi connectivity index (χ0v) is 17.9. The quantitative estimate of drug-likeness (QED) is 0.231. The molecule has 148 valence electrons. The molecule has 1 amide bonds. The van der Waals surface area contributed by atoms with Crippen LogP contribution in [0.25, 0.3) is 0 Å². The number of furan rings is 1. The van der Waals surface area contributed by atoms with E-state index in [0.29, 0.717) is 31.4 Å². The van der Waals surface area contributed by atoms with E-state index < -0.39 is 0 Å². The van der Waals surface area contributed by atoms with E-state index in [1.165, 1.54) is 18.4 Å². The molecule has 0 aliphatic rings. The van der Waals surface area contributed by atoms with Crippen LogP contribution >= 0.6 is 24.0 Å². The first kappa shape index (κ1) is 22.9. The first-order valence-corrected chi connectivity index (χ1v) is 8.61. The third-order valence-electron chi connectivity index (χ3n) is 3.84. The van der Waals surface area contributed by atoms with Crippen LogP contribution in [0.2, 0.25) is 0 Å². The average molecular weight is 488 g/mol. The largest absolute Gasteiger partial charge is 0.459 e. The van der Waals surface area contributed by atoms with Gasteiger partial charge >= 0.3 is 0 Å². The highest BCUT2D eigenvalue weighted by Crippen LogP contribution is 2.07. The van der Waals surface area contributed by atoms with Crippen LogP contribution in [0.1, 0.15) is 28.1 Å². The number of aryl methyl sites for hydroxylation is 1.